The van der Waals surface area contributed by atoms with E-state index in [-0.39, 0.29) is 25.7 Å². The van der Waals surface area contributed by atoms with Gasteiger partial charge in [0.1, 0.15) is 0 Å². The van der Waals surface area contributed by atoms with Crippen molar-refractivity contribution in [1.29, 1.82) is 0 Å². The number of aromatic nitrogens is 5. The minimum absolute atomic E-state index is 0. The third-order valence-corrected chi connectivity index (χ3v) is 5.19. The molecule has 3 heterocycles. The molecule has 0 aliphatic carbocycles. The van der Waals surface area contributed by atoms with Gasteiger partial charge in [-0.3, -0.25) is 18.1 Å². The molecule has 2 aromatic carbocycles. The summed E-state index contributed by atoms with van der Waals surface area (Å²) in [6, 6.07) is 19.2. The van der Waals surface area contributed by atoms with Crippen LogP contribution in [0.4, 0.5) is 8.78 Å². The summed E-state index contributed by atoms with van der Waals surface area (Å²) in [5, 5.41) is 8.94. The average Bonchev–Trinajstić information content (AvgIpc) is 3.43. The summed E-state index contributed by atoms with van der Waals surface area (Å²) >= 11 is 0. The summed E-state index contributed by atoms with van der Waals surface area (Å²) < 4.78 is 29.4. The van der Waals surface area contributed by atoms with Crippen LogP contribution in [0.2, 0.25) is 0 Å². The fourth-order valence-electron chi connectivity index (χ4n) is 3.57. The number of nitrogens with zero attached hydrogens (tertiary/aromatic N) is 5. The first-order valence-electron chi connectivity index (χ1n) is 10.6. The molecule has 5 rings (SSSR count). The molecule has 0 bridgehead atoms. The molecule has 5 nitrogen and oxygen atoms in total. The molecule has 0 aliphatic rings. The van der Waals surface area contributed by atoms with E-state index in [0.29, 0.717) is 5.69 Å². The van der Waals surface area contributed by atoms with Gasteiger partial charge >= 0.3 is 20.1 Å². The van der Waals surface area contributed by atoms with Crippen LogP contribution in [0.3, 0.4) is 0 Å². The summed E-state index contributed by atoms with van der Waals surface area (Å²) in [7, 11) is 3.85. The van der Waals surface area contributed by atoms with Crippen LogP contribution < -0.4 is 0 Å². The van der Waals surface area contributed by atoms with Gasteiger partial charge in [0.25, 0.3) is 0 Å². The van der Waals surface area contributed by atoms with E-state index in [4.69, 9.17) is 0 Å². The number of benzene rings is 2. The summed E-state index contributed by atoms with van der Waals surface area (Å²) in [6.07, 6.45) is 5.44. The molecule has 0 unspecified atom stereocenters. The monoisotopic (exact) mass is 649 g/mol. The van der Waals surface area contributed by atoms with Gasteiger partial charge in [-0.15, -0.1) is 35.4 Å². The van der Waals surface area contributed by atoms with Crippen LogP contribution in [0, 0.1) is 37.6 Å². The zero-order valence-corrected chi connectivity index (χ0v) is 22.2. The molecule has 1 radical (unpaired) electrons. The van der Waals surface area contributed by atoms with Crippen LogP contribution in [-0.2, 0) is 34.2 Å². The van der Waals surface area contributed by atoms with Gasteiger partial charge in [0.15, 0.2) is 0 Å². The van der Waals surface area contributed by atoms with Crippen LogP contribution in [-0.4, -0.2) is 24.5 Å². The number of aryl methyl sites for hydroxylation is 4. The molecule has 0 saturated heterocycles. The quantitative estimate of drug-likeness (QED) is 0.244. The first-order chi connectivity index (χ1) is 16.3. The van der Waals surface area contributed by atoms with Crippen LogP contribution in [0.15, 0.2) is 67.1 Å². The Morgan fingerprint density at radius 1 is 0.771 bits per heavy atom. The van der Waals surface area contributed by atoms with E-state index < -0.39 is 11.6 Å². The van der Waals surface area contributed by atoms with Gasteiger partial charge in [0.2, 0.25) is 0 Å². The van der Waals surface area contributed by atoms with Crippen LogP contribution in [0.5, 0.6) is 0 Å². The van der Waals surface area contributed by atoms with Crippen molar-refractivity contribution in [3.63, 3.8) is 0 Å². The van der Waals surface area contributed by atoms with Crippen LogP contribution in [0.25, 0.3) is 33.8 Å². The Labute approximate surface area is 216 Å². The van der Waals surface area contributed by atoms with Gasteiger partial charge in [0, 0.05) is 55.7 Å². The fourth-order valence-corrected chi connectivity index (χ4v) is 3.57. The Bertz CT molecular complexity index is 1370. The Balaban J connectivity index is 0.000000202. The molecular formula is C27H24F2IrN5. The number of hydrogen-bond acceptors (Lipinski definition) is 3. The second-order valence-electron chi connectivity index (χ2n) is 7.89. The van der Waals surface area contributed by atoms with Crippen molar-refractivity contribution >= 4 is 0 Å². The van der Waals surface area contributed by atoms with Crippen molar-refractivity contribution in [1.82, 2.24) is 24.5 Å². The van der Waals surface area contributed by atoms with Gasteiger partial charge in [-0.2, -0.15) is 0 Å². The zero-order chi connectivity index (χ0) is 24.2. The van der Waals surface area contributed by atoms with E-state index in [9.17, 15) is 8.78 Å². The standard InChI is InChI=1S/C16H17N4.C11H6F2N.Ir.H/c1-11-9-12(2)14(16-6-8-20(4)18-16)10-13(11)15-5-7-19(3)17-15;12-8-4-5-9(10(13)7-8)11-3-1-2-6-14-11;;/h5-9H,1-4H3;1-4,6-7H;;/q2*-1;+2;. The van der Waals surface area contributed by atoms with E-state index >= 15 is 0 Å². The number of halogens is 2. The van der Waals surface area contributed by atoms with Gasteiger partial charge in [0.05, 0.1) is 0 Å². The molecule has 0 atom stereocenters. The Kier molecular flexibility index (Phi) is 8.43. The first kappa shape index (κ1) is 26.1. The number of hydrogen-bond donors (Lipinski definition) is 0. The van der Waals surface area contributed by atoms with Gasteiger partial charge in [-0.1, -0.05) is 60.9 Å². The molecule has 5 aromatic rings. The summed E-state index contributed by atoms with van der Waals surface area (Å²) in [5.41, 5.74) is 6.97. The molecule has 0 saturated carbocycles. The fraction of sp³-hybridized carbons (Fsp3) is 0.148. The van der Waals surface area contributed by atoms with Crippen molar-refractivity contribution in [2.75, 3.05) is 0 Å². The van der Waals surface area contributed by atoms with E-state index in [1.54, 1.807) is 24.4 Å². The van der Waals surface area contributed by atoms with Crippen LogP contribution >= 0.6 is 0 Å². The molecule has 0 fully saturated rings. The maximum absolute atomic E-state index is 13.2. The normalized spacial score (nSPS) is 10.3. The Morgan fingerprint density at radius 2 is 1.37 bits per heavy atom. The van der Waals surface area contributed by atoms with Crippen LogP contribution in [0.1, 0.15) is 11.1 Å². The number of pyridine rings is 1. The summed E-state index contributed by atoms with van der Waals surface area (Å²) in [5.74, 6) is -1.29. The van der Waals surface area contributed by atoms with Crippen molar-refractivity contribution < 1.29 is 28.9 Å². The van der Waals surface area contributed by atoms with Crippen molar-refractivity contribution in [3.8, 4) is 33.8 Å². The average molecular weight is 649 g/mol. The molecule has 0 spiro atoms. The third-order valence-electron chi connectivity index (χ3n) is 5.19. The predicted molar refractivity (Wildman–Crippen MR) is 129 cm³/mol. The van der Waals surface area contributed by atoms with Gasteiger partial charge < -0.3 is 4.98 Å². The molecule has 8 heteroatoms. The molecule has 35 heavy (non-hydrogen) atoms. The SMILES string of the molecule is Cc1cc(C)c(-c2ccn(C)n2)[c-]c1-c1ccn(C)n1.Fc1c[c-]c(-c2ccccn2)c(F)c1.[IrH+2]. The Hall–Kier alpha value is -3.48. The minimum atomic E-state index is -0.649. The predicted octanol–water partition coefficient (Wildman–Crippen LogP) is 5.46. The van der Waals surface area contributed by atoms with Crippen molar-refractivity contribution in [3.05, 3.63) is 102 Å². The van der Waals surface area contributed by atoms with Gasteiger partial charge in [-0.25, -0.2) is 10.2 Å². The maximum atomic E-state index is 13.2. The van der Waals surface area contributed by atoms with Crippen molar-refractivity contribution in [2.24, 2.45) is 14.1 Å². The summed E-state index contributed by atoms with van der Waals surface area (Å²) in [6.45, 7) is 4.19. The number of rotatable bonds is 3. The zero-order valence-electron chi connectivity index (χ0n) is 19.7. The third kappa shape index (κ3) is 6.15. The molecule has 3 aromatic heterocycles. The van der Waals surface area contributed by atoms with E-state index in [1.165, 1.54) is 11.1 Å². The van der Waals surface area contributed by atoms with Gasteiger partial charge in [-0.05, 0) is 11.8 Å². The first-order valence-corrected chi connectivity index (χ1v) is 10.6. The Morgan fingerprint density at radius 3 is 1.83 bits per heavy atom. The van der Waals surface area contributed by atoms with E-state index in [0.717, 1.165) is 34.6 Å². The molecule has 0 N–H and O–H groups in total. The summed E-state index contributed by atoms with van der Waals surface area (Å²) in [4.78, 5) is 3.95. The van der Waals surface area contributed by atoms with E-state index in [1.807, 2.05) is 48.0 Å². The second-order valence-corrected chi connectivity index (χ2v) is 7.89. The van der Waals surface area contributed by atoms with E-state index in [2.05, 4.69) is 47.2 Å². The second kappa shape index (κ2) is 11.3. The topological polar surface area (TPSA) is 48.5 Å². The van der Waals surface area contributed by atoms with Crippen molar-refractivity contribution in [2.45, 2.75) is 13.8 Å². The molecule has 180 valence electrons. The molecular weight excluding hydrogens is 625 g/mol. The molecule has 0 amide bonds. The molecule has 0 aliphatic heterocycles.